The molecule has 1 unspecified atom stereocenters. The van der Waals surface area contributed by atoms with Crippen molar-refractivity contribution in [1.29, 1.82) is 5.41 Å². The summed E-state index contributed by atoms with van der Waals surface area (Å²) < 4.78 is 76.7. The van der Waals surface area contributed by atoms with Crippen LogP contribution in [0.3, 0.4) is 0 Å². The number of rotatable bonds is 4. The van der Waals surface area contributed by atoms with E-state index in [4.69, 9.17) is 5.41 Å². The Morgan fingerprint density at radius 1 is 1.31 bits per heavy atom. The Bertz CT molecular complexity index is 1200. The van der Waals surface area contributed by atoms with E-state index in [1.165, 1.54) is 12.1 Å². The summed E-state index contributed by atoms with van der Waals surface area (Å²) in [7, 11) is -1.54. The Hall–Kier alpha value is -2.94. The highest BCUT2D eigenvalue weighted by molar-refractivity contribution is 8.26. The molecule has 14 heteroatoms. The quantitative estimate of drug-likeness (QED) is 0.377. The summed E-state index contributed by atoms with van der Waals surface area (Å²) in [6.45, 7) is 2.42. The van der Waals surface area contributed by atoms with E-state index in [-0.39, 0.29) is 35.1 Å². The fraction of sp³-hybridized carbons (Fsp3) is 0.409. The van der Waals surface area contributed by atoms with Crippen LogP contribution < -0.4 is 15.4 Å². The van der Waals surface area contributed by atoms with Crippen LogP contribution in [0.1, 0.15) is 29.4 Å². The summed E-state index contributed by atoms with van der Waals surface area (Å²) in [6.07, 6.45) is -3.77. The summed E-state index contributed by atoms with van der Waals surface area (Å²) in [5.74, 6) is -2.37. The van der Waals surface area contributed by atoms with Gasteiger partial charge in [0.1, 0.15) is 27.8 Å². The molecule has 5 N–H and O–H groups in total. The van der Waals surface area contributed by atoms with Gasteiger partial charge in [0.25, 0.3) is 5.91 Å². The van der Waals surface area contributed by atoms with Crippen LogP contribution in [0.5, 0.6) is 5.75 Å². The van der Waals surface area contributed by atoms with Gasteiger partial charge in [0, 0.05) is 24.3 Å². The molecule has 2 aromatic rings. The highest BCUT2D eigenvalue weighted by Crippen LogP contribution is 2.61. The molecule has 36 heavy (non-hydrogen) atoms. The Morgan fingerprint density at radius 2 is 2.03 bits per heavy atom. The largest absolute Gasteiger partial charge is 0.573 e. The van der Waals surface area contributed by atoms with Gasteiger partial charge in [-0.25, -0.2) is 9.37 Å². The molecular formula is C22H25F4N5O4S. The molecule has 1 aromatic heterocycles. The molecule has 1 aromatic carbocycles. The van der Waals surface area contributed by atoms with Crippen LogP contribution in [0.15, 0.2) is 36.5 Å². The molecule has 2 atom stereocenters. The van der Waals surface area contributed by atoms with Crippen molar-refractivity contribution in [1.82, 2.24) is 15.2 Å². The number of hydrogen-bond acceptors (Lipinski definition) is 7. The zero-order valence-corrected chi connectivity index (χ0v) is 20.1. The fourth-order valence-corrected chi connectivity index (χ4v) is 7.17. The van der Waals surface area contributed by atoms with Gasteiger partial charge in [0.05, 0.1) is 17.5 Å². The number of carbonyl (C=O) groups excluding carboxylic acids is 1. The van der Waals surface area contributed by atoms with E-state index in [1.54, 1.807) is 6.92 Å². The number of nitrogens with one attached hydrogen (secondary N) is 3. The molecule has 196 valence electrons. The lowest BCUT2D eigenvalue weighted by atomic mass is 9.90. The molecule has 0 bridgehead atoms. The molecule has 2 aliphatic rings. The second-order valence-corrected chi connectivity index (χ2v) is 11.6. The maximum Gasteiger partial charge on any atom is 0.573 e. The first-order valence-electron chi connectivity index (χ1n) is 10.8. The van der Waals surface area contributed by atoms with Gasteiger partial charge in [-0.1, -0.05) is 0 Å². The van der Waals surface area contributed by atoms with Crippen LogP contribution in [0.25, 0.3) is 0 Å². The Labute approximate surface area is 205 Å². The number of halogens is 4. The third-order valence-corrected chi connectivity index (χ3v) is 9.18. The number of alkyl halides is 3. The predicted molar refractivity (Wildman–Crippen MR) is 126 cm³/mol. The second kappa shape index (κ2) is 8.87. The molecule has 1 spiro atoms. The molecule has 0 radical (unpaired) electrons. The Kier molecular flexibility index (Phi) is 6.44. The van der Waals surface area contributed by atoms with Crippen molar-refractivity contribution in [2.45, 2.75) is 30.0 Å². The molecule has 3 heterocycles. The van der Waals surface area contributed by atoms with Gasteiger partial charge in [0.2, 0.25) is 0 Å². The van der Waals surface area contributed by atoms with Crippen LogP contribution >= 0.6 is 10.6 Å². The smallest absolute Gasteiger partial charge is 0.404 e. The van der Waals surface area contributed by atoms with E-state index < -0.39 is 44.7 Å². The van der Waals surface area contributed by atoms with Crippen molar-refractivity contribution in [3.05, 3.63) is 53.6 Å². The van der Waals surface area contributed by atoms with E-state index in [0.29, 0.717) is 13.0 Å². The van der Waals surface area contributed by atoms with Crippen molar-refractivity contribution in [3.8, 4) is 5.75 Å². The number of benzene rings is 1. The van der Waals surface area contributed by atoms with Gasteiger partial charge in [-0.2, -0.15) is 10.6 Å². The number of pyridine rings is 1. The number of amidine groups is 1. The monoisotopic (exact) mass is 531 g/mol. The van der Waals surface area contributed by atoms with Gasteiger partial charge >= 0.3 is 6.36 Å². The van der Waals surface area contributed by atoms with Crippen molar-refractivity contribution in [3.63, 3.8) is 0 Å². The van der Waals surface area contributed by atoms with E-state index in [9.17, 15) is 31.5 Å². The van der Waals surface area contributed by atoms with Crippen LogP contribution in [0.4, 0.5) is 23.2 Å². The van der Waals surface area contributed by atoms with Gasteiger partial charge in [-0.3, -0.25) is 19.3 Å². The summed E-state index contributed by atoms with van der Waals surface area (Å²) in [5.41, 5.74) is -1.42. The molecule has 2 aliphatic heterocycles. The number of amides is 1. The molecule has 0 aliphatic carbocycles. The molecular weight excluding hydrogens is 506 g/mol. The topological polar surface area (TPSA) is 131 Å². The van der Waals surface area contributed by atoms with Crippen molar-refractivity contribution >= 4 is 28.0 Å². The number of carbonyl (C=O) groups is 1. The highest BCUT2D eigenvalue weighted by Gasteiger charge is 2.58. The normalized spacial score (nSPS) is 26.9. The van der Waals surface area contributed by atoms with Gasteiger partial charge in [-0.15, -0.1) is 13.2 Å². The fourth-order valence-electron chi connectivity index (χ4n) is 4.64. The third kappa shape index (κ3) is 4.85. The average molecular weight is 532 g/mol. The van der Waals surface area contributed by atoms with Gasteiger partial charge < -0.3 is 20.3 Å². The van der Waals surface area contributed by atoms with E-state index in [1.807, 2.05) is 11.9 Å². The molecule has 0 saturated carbocycles. The first-order chi connectivity index (χ1) is 16.6. The van der Waals surface area contributed by atoms with Crippen LogP contribution in [0, 0.1) is 11.2 Å². The third-order valence-electron chi connectivity index (χ3n) is 6.42. The summed E-state index contributed by atoms with van der Waals surface area (Å²) in [4.78, 5) is 18.1. The van der Waals surface area contributed by atoms with Crippen LogP contribution in [-0.4, -0.2) is 67.7 Å². The maximum absolute atomic E-state index is 14.9. The number of nitrogens with zero attached hydrogens (tertiary/aromatic N) is 2. The van der Waals surface area contributed by atoms with Crippen molar-refractivity contribution in [2.75, 3.05) is 31.2 Å². The maximum atomic E-state index is 14.9. The first-order valence-corrected chi connectivity index (χ1v) is 12.5. The van der Waals surface area contributed by atoms with Crippen LogP contribution in [-0.2, 0) is 5.54 Å². The minimum absolute atomic E-state index is 0.00751. The van der Waals surface area contributed by atoms with E-state index in [2.05, 4.69) is 20.4 Å². The van der Waals surface area contributed by atoms with Crippen molar-refractivity contribution < 1.29 is 36.2 Å². The molecule has 2 fully saturated rings. The lowest BCUT2D eigenvalue weighted by Crippen LogP contribution is -2.64. The first kappa shape index (κ1) is 26.1. The van der Waals surface area contributed by atoms with Gasteiger partial charge in [-0.05, 0) is 50.7 Å². The number of likely N-dealkylation sites (tertiary alicyclic amines) is 1. The summed E-state index contributed by atoms with van der Waals surface area (Å²) >= 11 is 0. The van der Waals surface area contributed by atoms with E-state index in [0.717, 1.165) is 24.4 Å². The lowest BCUT2D eigenvalue weighted by molar-refractivity contribution is -0.274. The zero-order chi connectivity index (χ0) is 26.5. The molecule has 1 amide bonds. The number of aromatic nitrogens is 1. The summed E-state index contributed by atoms with van der Waals surface area (Å²) in [5, 5.41) is 14.1. The Morgan fingerprint density at radius 3 is 2.58 bits per heavy atom. The lowest BCUT2D eigenvalue weighted by Gasteiger charge is -2.57. The standard InChI is InChI=1S/C22H25F4N5O4S/c1-20(12-36(33,34)21(19(27)30-20)7-8-31(2)11-21)15-9-13(3-5-16(15)23)29-18(32)17-6-4-14(10-28-17)35-22(24,25)26/h3-6,9-10,33-34H,7-8,11-12H2,1-2H3,(H2,27,30)(H,29,32)/t20-,21?/m0/s1. The van der Waals surface area contributed by atoms with Gasteiger partial charge in [0.15, 0.2) is 0 Å². The number of ether oxygens (including phenoxy) is 1. The minimum atomic E-state index is -4.90. The number of hydrogen-bond donors (Lipinski definition) is 5. The second-order valence-electron chi connectivity index (χ2n) is 9.20. The number of anilines is 1. The van der Waals surface area contributed by atoms with E-state index >= 15 is 0 Å². The highest BCUT2D eigenvalue weighted by atomic mass is 32.3. The Balaban J connectivity index is 1.55. The van der Waals surface area contributed by atoms with Crippen LogP contribution in [0.2, 0.25) is 0 Å². The molecule has 4 rings (SSSR count). The van der Waals surface area contributed by atoms with Crippen molar-refractivity contribution in [2.24, 2.45) is 0 Å². The average Bonchev–Trinajstić information content (AvgIpc) is 3.16. The molecule has 9 nitrogen and oxygen atoms in total. The summed E-state index contributed by atoms with van der Waals surface area (Å²) in [6, 6.07) is 5.66. The molecule has 2 saturated heterocycles. The SMILES string of the molecule is CN1CCC2(C1)C(=N)N[C@](C)(c1cc(NC(=O)c3ccc(OC(F)(F)F)cn3)ccc1F)CS2(O)O. The predicted octanol–water partition coefficient (Wildman–Crippen LogP) is 3.99. The zero-order valence-electron chi connectivity index (χ0n) is 19.3. The minimum Gasteiger partial charge on any atom is -0.404 e.